The zero-order chi connectivity index (χ0) is 18.6. The molecule has 7 heteroatoms. The Morgan fingerprint density at radius 2 is 1.93 bits per heavy atom. The molecule has 0 saturated carbocycles. The number of nitrogens with one attached hydrogen (secondary N) is 2. The molecule has 1 unspecified atom stereocenters. The first-order valence-electron chi connectivity index (χ1n) is 8.89. The highest BCUT2D eigenvalue weighted by Gasteiger charge is 2.24. The number of carbonyl (C=O) groups excluding carboxylic acids is 2. The predicted molar refractivity (Wildman–Crippen MR) is 97.8 cm³/mol. The maximum atomic E-state index is 12.6. The van der Waals surface area contributed by atoms with Crippen LogP contribution in [0.25, 0.3) is 0 Å². The van der Waals surface area contributed by atoms with E-state index in [0.29, 0.717) is 42.3 Å². The number of benzene rings is 2. The van der Waals surface area contributed by atoms with Crippen molar-refractivity contribution in [1.29, 1.82) is 0 Å². The highest BCUT2D eigenvalue weighted by atomic mass is 16.7. The van der Waals surface area contributed by atoms with Crippen LogP contribution in [0.15, 0.2) is 42.5 Å². The molecular weight excluding hydrogens is 348 g/mol. The second kappa shape index (κ2) is 7.67. The molecule has 2 aromatic rings. The number of hydrogen-bond donors (Lipinski definition) is 2. The summed E-state index contributed by atoms with van der Waals surface area (Å²) in [6.07, 6.45) is 1.12. The van der Waals surface area contributed by atoms with Crippen molar-refractivity contribution in [3.63, 3.8) is 0 Å². The van der Waals surface area contributed by atoms with Crippen LogP contribution in [0.4, 0.5) is 5.69 Å². The van der Waals surface area contributed by atoms with Crippen LogP contribution in [0, 0.1) is 0 Å². The average Bonchev–Trinajstić information content (AvgIpc) is 3.38. The maximum absolute atomic E-state index is 12.6. The third kappa shape index (κ3) is 3.88. The number of ether oxygens (including phenoxy) is 3. The van der Waals surface area contributed by atoms with E-state index in [0.717, 1.165) is 12.0 Å². The van der Waals surface area contributed by atoms with E-state index in [1.807, 2.05) is 18.2 Å². The van der Waals surface area contributed by atoms with E-state index in [1.54, 1.807) is 24.3 Å². The normalized spacial score (nSPS) is 17.6. The highest BCUT2D eigenvalue weighted by molar-refractivity contribution is 6.04. The summed E-state index contributed by atoms with van der Waals surface area (Å²) in [5.41, 5.74) is 1.78. The molecule has 4 rings (SSSR count). The Morgan fingerprint density at radius 3 is 2.78 bits per heavy atom. The van der Waals surface area contributed by atoms with Gasteiger partial charge in [-0.3, -0.25) is 9.59 Å². The molecule has 140 valence electrons. The second-order valence-electron chi connectivity index (χ2n) is 6.41. The van der Waals surface area contributed by atoms with Gasteiger partial charge in [0.05, 0.1) is 11.3 Å². The van der Waals surface area contributed by atoms with Crippen molar-refractivity contribution >= 4 is 17.5 Å². The Morgan fingerprint density at radius 1 is 1.07 bits per heavy atom. The summed E-state index contributed by atoms with van der Waals surface area (Å²) in [6, 6.07) is 12.5. The summed E-state index contributed by atoms with van der Waals surface area (Å²) in [5.74, 6) is 0.887. The summed E-state index contributed by atoms with van der Waals surface area (Å²) in [7, 11) is 0. The first-order chi connectivity index (χ1) is 13.2. The summed E-state index contributed by atoms with van der Waals surface area (Å²) in [4.78, 5) is 24.9. The van der Waals surface area contributed by atoms with Gasteiger partial charge in [-0.1, -0.05) is 18.2 Å². The van der Waals surface area contributed by atoms with Crippen molar-refractivity contribution in [2.24, 2.45) is 0 Å². The molecule has 0 spiro atoms. The molecule has 0 aromatic heterocycles. The molecule has 0 radical (unpaired) electrons. The number of carbonyl (C=O) groups is 2. The largest absolute Gasteiger partial charge is 0.454 e. The van der Waals surface area contributed by atoms with Crippen molar-refractivity contribution in [2.45, 2.75) is 25.5 Å². The van der Waals surface area contributed by atoms with E-state index in [2.05, 4.69) is 10.6 Å². The Hall–Kier alpha value is -3.06. The van der Waals surface area contributed by atoms with Gasteiger partial charge < -0.3 is 24.8 Å². The van der Waals surface area contributed by atoms with Gasteiger partial charge in [-0.05, 0) is 42.7 Å². The van der Waals surface area contributed by atoms with Crippen molar-refractivity contribution in [1.82, 2.24) is 5.32 Å². The molecule has 2 heterocycles. The van der Waals surface area contributed by atoms with Crippen molar-refractivity contribution in [2.75, 3.05) is 18.7 Å². The third-order valence-electron chi connectivity index (χ3n) is 4.54. The van der Waals surface area contributed by atoms with Gasteiger partial charge in [0, 0.05) is 13.2 Å². The number of para-hydroxylation sites is 1. The summed E-state index contributed by atoms with van der Waals surface area (Å²) in [5, 5.41) is 5.68. The third-order valence-corrected chi connectivity index (χ3v) is 4.54. The topological polar surface area (TPSA) is 85.9 Å². The van der Waals surface area contributed by atoms with Crippen LogP contribution in [-0.2, 0) is 16.1 Å². The molecule has 1 saturated heterocycles. The Bertz CT molecular complexity index is 861. The van der Waals surface area contributed by atoms with E-state index in [4.69, 9.17) is 14.2 Å². The standard InChI is InChI=1S/C20H20N2O5/c23-19(21-11-13-7-8-16-18(10-13)27-12-26-16)14-4-1-2-5-15(14)22-20(24)17-6-3-9-25-17/h1-2,4-5,7-8,10,17H,3,6,9,11-12H2,(H,21,23)(H,22,24). The van der Waals surface area contributed by atoms with Crippen molar-refractivity contribution in [3.05, 3.63) is 53.6 Å². The van der Waals surface area contributed by atoms with Gasteiger partial charge in [-0.2, -0.15) is 0 Å². The van der Waals surface area contributed by atoms with Gasteiger partial charge in [0.1, 0.15) is 6.10 Å². The van der Waals surface area contributed by atoms with Crippen molar-refractivity contribution < 1.29 is 23.8 Å². The molecule has 27 heavy (non-hydrogen) atoms. The second-order valence-corrected chi connectivity index (χ2v) is 6.41. The first-order valence-corrected chi connectivity index (χ1v) is 8.89. The minimum Gasteiger partial charge on any atom is -0.454 e. The summed E-state index contributed by atoms with van der Waals surface area (Å²) < 4.78 is 16.0. The monoisotopic (exact) mass is 368 g/mol. The molecule has 2 aliphatic rings. The SMILES string of the molecule is O=C(NCc1ccc2c(c1)OCO2)c1ccccc1NC(=O)C1CCCO1. The van der Waals surface area contributed by atoms with E-state index in [1.165, 1.54) is 0 Å². The quantitative estimate of drug-likeness (QED) is 0.847. The van der Waals surface area contributed by atoms with Crippen LogP contribution in [0.5, 0.6) is 11.5 Å². The Kier molecular flexibility index (Phi) is 4.93. The minimum atomic E-state index is -0.449. The fourth-order valence-electron chi connectivity index (χ4n) is 3.12. The van der Waals surface area contributed by atoms with E-state index in [-0.39, 0.29) is 18.6 Å². The highest BCUT2D eigenvalue weighted by Crippen LogP contribution is 2.32. The molecule has 2 N–H and O–H groups in total. The molecule has 7 nitrogen and oxygen atoms in total. The molecular formula is C20H20N2O5. The fraction of sp³-hybridized carbons (Fsp3) is 0.300. The fourth-order valence-corrected chi connectivity index (χ4v) is 3.12. The van der Waals surface area contributed by atoms with Crippen LogP contribution in [0.3, 0.4) is 0 Å². The summed E-state index contributed by atoms with van der Waals surface area (Å²) in [6.45, 7) is 1.14. The van der Waals surface area contributed by atoms with E-state index in [9.17, 15) is 9.59 Å². The van der Waals surface area contributed by atoms with Gasteiger partial charge in [-0.15, -0.1) is 0 Å². The number of fused-ring (bicyclic) bond motifs is 1. The number of hydrogen-bond acceptors (Lipinski definition) is 5. The van der Waals surface area contributed by atoms with Crippen LogP contribution >= 0.6 is 0 Å². The number of rotatable bonds is 5. The molecule has 1 fully saturated rings. The average molecular weight is 368 g/mol. The van der Waals surface area contributed by atoms with E-state index < -0.39 is 6.10 Å². The van der Waals surface area contributed by atoms with Crippen LogP contribution < -0.4 is 20.1 Å². The molecule has 2 aliphatic heterocycles. The lowest BCUT2D eigenvalue weighted by atomic mass is 10.1. The number of amides is 2. The molecule has 0 aliphatic carbocycles. The first kappa shape index (κ1) is 17.4. The van der Waals surface area contributed by atoms with Crippen LogP contribution in [0.2, 0.25) is 0 Å². The lowest BCUT2D eigenvalue weighted by Crippen LogP contribution is -2.29. The molecule has 2 aromatic carbocycles. The zero-order valence-electron chi connectivity index (χ0n) is 14.7. The molecule has 1 atom stereocenters. The van der Waals surface area contributed by atoms with Gasteiger partial charge in [-0.25, -0.2) is 0 Å². The van der Waals surface area contributed by atoms with Gasteiger partial charge in [0.15, 0.2) is 11.5 Å². The maximum Gasteiger partial charge on any atom is 0.253 e. The van der Waals surface area contributed by atoms with Crippen LogP contribution in [-0.4, -0.2) is 31.3 Å². The smallest absolute Gasteiger partial charge is 0.253 e. The molecule has 0 bridgehead atoms. The van der Waals surface area contributed by atoms with Gasteiger partial charge in [0.25, 0.3) is 11.8 Å². The predicted octanol–water partition coefficient (Wildman–Crippen LogP) is 2.46. The number of anilines is 1. The summed E-state index contributed by atoms with van der Waals surface area (Å²) >= 11 is 0. The van der Waals surface area contributed by atoms with Crippen molar-refractivity contribution in [3.8, 4) is 11.5 Å². The lowest BCUT2D eigenvalue weighted by Gasteiger charge is -2.14. The van der Waals surface area contributed by atoms with Gasteiger partial charge >= 0.3 is 0 Å². The Labute approximate surface area is 156 Å². The Balaban J connectivity index is 1.41. The van der Waals surface area contributed by atoms with Gasteiger partial charge in [0.2, 0.25) is 6.79 Å². The zero-order valence-corrected chi connectivity index (χ0v) is 14.7. The lowest BCUT2D eigenvalue weighted by molar-refractivity contribution is -0.124. The van der Waals surface area contributed by atoms with Crippen LogP contribution in [0.1, 0.15) is 28.8 Å². The minimum absolute atomic E-state index is 0.211. The molecule has 2 amide bonds. The van der Waals surface area contributed by atoms with E-state index >= 15 is 0 Å².